The Kier molecular flexibility index (Phi) is 5.52. The SMILES string of the molecule is Cc1cc(C)cc(NC(=O)CN(c2ccc(C)cc2C)S(C)(=O)=O)c1. The molecule has 0 radical (unpaired) electrons. The average molecular weight is 360 g/mol. The first-order chi connectivity index (χ1) is 11.6. The molecule has 2 aromatic carbocycles. The predicted octanol–water partition coefficient (Wildman–Crippen LogP) is 3.32. The first-order valence-corrected chi connectivity index (χ1v) is 9.84. The quantitative estimate of drug-likeness (QED) is 0.889. The smallest absolute Gasteiger partial charge is 0.245 e. The Morgan fingerprint density at radius 1 is 0.960 bits per heavy atom. The molecule has 0 spiro atoms. The third-order valence-electron chi connectivity index (χ3n) is 3.81. The summed E-state index contributed by atoms with van der Waals surface area (Å²) in [6.45, 7) is 7.40. The number of anilines is 2. The van der Waals surface area contributed by atoms with Gasteiger partial charge in [0.2, 0.25) is 15.9 Å². The maximum atomic E-state index is 12.4. The number of carbonyl (C=O) groups is 1. The van der Waals surface area contributed by atoms with Crippen LogP contribution in [0.15, 0.2) is 36.4 Å². The van der Waals surface area contributed by atoms with Crippen molar-refractivity contribution in [2.45, 2.75) is 27.7 Å². The number of hydrogen-bond donors (Lipinski definition) is 1. The summed E-state index contributed by atoms with van der Waals surface area (Å²) >= 11 is 0. The van der Waals surface area contributed by atoms with E-state index < -0.39 is 10.0 Å². The molecule has 25 heavy (non-hydrogen) atoms. The fourth-order valence-electron chi connectivity index (χ4n) is 2.84. The molecule has 0 aliphatic heterocycles. The van der Waals surface area contributed by atoms with Crippen molar-refractivity contribution in [2.75, 3.05) is 22.4 Å². The first kappa shape index (κ1) is 19.0. The minimum Gasteiger partial charge on any atom is -0.324 e. The van der Waals surface area contributed by atoms with Gasteiger partial charge in [-0.3, -0.25) is 9.10 Å². The number of sulfonamides is 1. The van der Waals surface area contributed by atoms with Crippen LogP contribution in [0.4, 0.5) is 11.4 Å². The lowest BCUT2D eigenvalue weighted by Crippen LogP contribution is -2.37. The molecule has 0 aromatic heterocycles. The van der Waals surface area contributed by atoms with Crippen LogP contribution in [-0.2, 0) is 14.8 Å². The van der Waals surface area contributed by atoms with Gasteiger partial charge in [0, 0.05) is 5.69 Å². The Morgan fingerprint density at radius 2 is 1.56 bits per heavy atom. The molecular formula is C19H24N2O3S. The van der Waals surface area contributed by atoms with Crippen LogP contribution in [0.25, 0.3) is 0 Å². The van der Waals surface area contributed by atoms with Crippen molar-refractivity contribution < 1.29 is 13.2 Å². The molecule has 0 saturated heterocycles. The van der Waals surface area contributed by atoms with E-state index in [0.29, 0.717) is 11.4 Å². The van der Waals surface area contributed by atoms with Gasteiger partial charge in [0.15, 0.2) is 0 Å². The Hall–Kier alpha value is -2.34. The zero-order chi connectivity index (χ0) is 18.8. The molecule has 6 heteroatoms. The van der Waals surface area contributed by atoms with Crippen LogP contribution in [0.2, 0.25) is 0 Å². The number of aryl methyl sites for hydroxylation is 4. The van der Waals surface area contributed by atoms with E-state index in [9.17, 15) is 13.2 Å². The zero-order valence-corrected chi connectivity index (χ0v) is 16.1. The van der Waals surface area contributed by atoms with Gasteiger partial charge in [-0.2, -0.15) is 0 Å². The lowest BCUT2D eigenvalue weighted by molar-refractivity contribution is -0.114. The van der Waals surface area contributed by atoms with Crippen molar-refractivity contribution in [3.05, 3.63) is 58.7 Å². The van der Waals surface area contributed by atoms with Gasteiger partial charge in [0.05, 0.1) is 11.9 Å². The number of nitrogens with one attached hydrogen (secondary N) is 1. The van der Waals surface area contributed by atoms with E-state index in [1.54, 1.807) is 6.07 Å². The summed E-state index contributed by atoms with van der Waals surface area (Å²) in [5.74, 6) is -0.379. The predicted molar refractivity (Wildman–Crippen MR) is 103 cm³/mol. The second-order valence-electron chi connectivity index (χ2n) is 6.48. The highest BCUT2D eigenvalue weighted by Gasteiger charge is 2.22. The Bertz CT molecular complexity index is 885. The molecule has 0 heterocycles. The van der Waals surface area contributed by atoms with Gasteiger partial charge < -0.3 is 5.32 Å². The molecule has 134 valence electrons. The highest BCUT2D eigenvalue weighted by Crippen LogP contribution is 2.23. The highest BCUT2D eigenvalue weighted by atomic mass is 32.2. The minimum atomic E-state index is -3.58. The van der Waals surface area contributed by atoms with Gasteiger partial charge >= 0.3 is 0 Å². The molecule has 0 fully saturated rings. The fourth-order valence-corrected chi connectivity index (χ4v) is 3.76. The van der Waals surface area contributed by atoms with Crippen molar-refractivity contribution in [3.63, 3.8) is 0 Å². The molecule has 0 aliphatic rings. The summed E-state index contributed by atoms with van der Waals surface area (Å²) < 4.78 is 25.6. The van der Waals surface area contributed by atoms with E-state index in [-0.39, 0.29) is 12.5 Å². The minimum absolute atomic E-state index is 0.268. The summed E-state index contributed by atoms with van der Waals surface area (Å²) in [5, 5.41) is 2.78. The summed E-state index contributed by atoms with van der Waals surface area (Å²) in [6, 6.07) is 11.2. The molecule has 2 rings (SSSR count). The first-order valence-electron chi connectivity index (χ1n) is 7.99. The van der Waals surface area contributed by atoms with Crippen molar-refractivity contribution in [1.82, 2.24) is 0 Å². The standard InChI is InChI=1S/C19H24N2O3S/c1-13-6-7-18(16(4)9-13)21(25(5,23)24)12-19(22)20-17-10-14(2)8-15(3)11-17/h6-11H,12H2,1-5H3,(H,20,22). The van der Waals surface area contributed by atoms with Crippen LogP contribution in [-0.4, -0.2) is 27.1 Å². The van der Waals surface area contributed by atoms with E-state index in [1.165, 1.54) is 0 Å². The van der Waals surface area contributed by atoms with Crippen molar-refractivity contribution in [1.29, 1.82) is 0 Å². The lowest BCUT2D eigenvalue weighted by Gasteiger charge is -2.24. The van der Waals surface area contributed by atoms with E-state index in [2.05, 4.69) is 5.32 Å². The van der Waals surface area contributed by atoms with Crippen LogP contribution in [0.5, 0.6) is 0 Å². The molecule has 0 unspecified atom stereocenters. The number of amides is 1. The molecule has 1 amide bonds. The normalized spacial score (nSPS) is 11.2. The number of benzene rings is 2. The van der Waals surface area contributed by atoms with Crippen molar-refractivity contribution in [3.8, 4) is 0 Å². The van der Waals surface area contributed by atoms with Crippen LogP contribution in [0.3, 0.4) is 0 Å². The Labute approximate surface area is 149 Å². The molecule has 2 aromatic rings. The second kappa shape index (κ2) is 7.27. The third kappa shape index (κ3) is 5.06. The Balaban J connectivity index is 2.27. The van der Waals surface area contributed by atoms with Gasteiger partial charge in [-0.05, 0) is 62.6 Å². The molecular weight excluding hydrogens is 336 g/mol. The van der Waals surface area contributed by atoms with Gasteiger partial charge in [0.1, 0.15) is 6.54 Å². The van der Waals surface area contributed by atoms with Crippen LogP contribution in [0, 0.1) is 27.7 Å². The van der Waals surface area contributed by atoms with Crippen molar-refractivity contribution in [2.24, 2.45) is 0 Å². The second-order valence-corrected chi connectivity index (χ2v) is 8.39. The fraction of sp³-hybridized carbons (Fsp3) is 0.316. The molecule has 1 N–H and O–H groups in total. The van der Waals surface area contributed by atoms with E-state index in [1.807, 2.05) is 58.0 Å². The molecule has 0 saturated carbocycles. The summed E-state index contributed by atoms with van der Waals surface area (Å²) in [7, 11) is -3.58. The maximum Gasteiger partial charge on any atom is 0.245 e. The van der Waals surface area contributed by atoms with Gasteiger partial charge in [-0.25, -0.2) is 8.42 Å². The maximum absolute atomic E-state index is 12.4. The van der Waals surface area contributed by atoms with Crippen molar-refractivity contribution >= 4 is 27.3 Å². The molecule has 0 bridgehead atoms. The van der Waals surface area contributed by atoms with Gasteiger partial charge in [0.25, 0.3) is 0 Å². The van der Waals surface area contributed by atoms with E-state index >= 15 is 0 Å². The van der Waals surface area contributed by atoms with Gasteiger partial charge in [-0.1, -0.05) is 23.8 Å². The monoisotopic (exact) mass is 360 g/mol. The van der Waals surface area contributed by atoms with Crippen LogP contribution >= 0.6 is 0 Å². The average Bonchev–Trinajstić information content (AvgIpc) is 2.43. The van der Waals surface area contributed by atoms with Crippen LogP contribution in [0.1, 0.15) is 22.3 Å². The molecule has 0 aliphatic carbocycles. The number of nitrogens with zero attached hydrogens (tertiary/aromatic N) is 1. The molecule has 5 nitrogen and oxygen atoms in total. The number of carbonyl (C=O) groups excluding carboxylic acids is 1. The van der Waals surface area contributed by atoms with Gasteiger partial charge in [-0.15, -0.1) is 0 Å². The molecule has 0 atom stereocenters. The largest absolute Gasteiger partial charge is 0.324 e. The Morgan fingerprint density at radius 3 is 2.08 bits per heavy atom. The number of rotatable bonds is 5. The van der Waals surface area contributed by atoms with E-state index in [4.69, 9.17) is 0 Å². The zero-order valence-electron chi connectivity index (χ0n) is 15.3. The van der Waals surface area contributed by atoms with Crippen LogP contribution < -0.4 is 9.62 Å². The summed E-state index contributed by atoms with van der Waals surface area (Å²) in [5.41, 5.74) is 5.09. The topological polar surface area (TPSA) is 66.5 Å². The highest BCUT2D eigenvalue weighted by molar-refractivity contribution is 7.92. The third-order valence-corrected chi connectivity index (χ3v) is 4.94. The summed E-state index contributed by atoms with van der Waals surface area (Å²) in [4.78, 5) is 12.4. The van der Waals surface area contributed by atoms with E-state index in [0.717, 1.165) is 32.8 Å². The summed E-state index contributed by atoms with van der Waals surface area (Å²) in [6.07, 6.45) is 1.11. The number of hydrogen-bond acceptors (Lipinski definition) is 3. The lowest BCUT2D eigenvalue weighted by atomic mass is 10.1.